The summed E-state index contributed by atoms with van der Waals surface area (Å²) >= 11 is 5.99. The maximum absolute atomic E-state index is 6.30. The highest BCUT2D eigenvalue weighted by atomic mass is 35.5. The summed E-state index contributed by atoms with van der Waals surface area (Å²) in [4.78, 5) is 2.43. The SMILES string of the molecule is Cc1cccc(O[C@@H]2CCC[C@H](C(C)CN(C)Cc3ccc(Cl)cc3)C2)c1. The van der Waals surface area contributed by atoms with E-state index in [1.807, 2.05) is 12.1 Å². The van der Waals surface area contributed by atoms with Crippen LogP contribution in [0.25, 0.3) is 0 Å². The highest BCUT2D eigenvalue weighted by Crippen LogP contribution is 2.33. The van der Waals surface area contributed by atoms with Gasteiger partial charge in [-0.1, -0.05) is 42.8 Å². The molecule has 0 spiro atoms. The third-order valence-corrected chi connectivity index (χ3v) is 5.98. The first-order valence-corrected chi connectivity index (χ1v) is 10.5. The molecule has 27 heavy (non-hydrogen) atoms. The zero-order valence-electron chi connectivity index (χ0n) is 16.8. The summed E-state index contributed by atoms with van der Waals surface area (Å²) in [5.74, 6) is 2.43. The lowest BCUT2D eigenvalue weighted by molar-refractivity contribution is 0.0913. The number of ether oxygens (including phenoxy) is 1. The minimum Gasteiger partial charge on any atom is -0.490 e. The van der Waals surface area contributed by atoms with E-state index in [1.165, 1.54) is 36.8 Å². The summed E-state index contributed by atoms with van der Waals surface area (Å²) in [6.07, 6.45) is 5.30. The molecule has 2 aromatic carbocycles. The zero-order chi connectivity index (χ0) is 19.2. The highest BCUT2D eigenvalue weighted by Gasteiger charge is 2.28. The van der Waals surface area contributed by atoms with Gasteiger partial charge in [-0.25, -0.2) is 0 Å². The smallest absolute Gasteiger partial charge is 0.119 e. The lowest BCUT2D eigenvalue weighted by atomic mass is 9.79. The molecule has 0 aromatic heterocycles. The lowest BCUT2D eigenvalue weighted by Gasteiger charge is -2.35. The van der Waals surface area contributed by atoms with Gasteiger partial charge < -0.3 is 9.64 Å². The molecule has 1 saturated carbocycles. The zero-order valence-corrected chi connectivity index (χ0v) is 17.6. The molecule has 3 rings (SSSR count). The van der Waals surface area contributed by atoms with Gasteiger partial charge in [0.1, 0.15) is 5.75 Å². The van der Waals surface area contributed by atoms with Gasteiger partial charge in [-0.3, -0.25) is 0 Å². The Labute approximate surface area is 169 Å². The maximum atomic E-state index is 6.30. The van der Waals surface area contributed by atoms with Gasteiger partial charge in [0, 0.05) is 18.1 Å². The Hall–Kier alpha value is -1.51. The first-order valence-electron chi connectivity index (χ1n) is 10.2. The third kappa shape index (κ3) is 6.26. The second-order valence-corrected chi connectivity index (χ2v) is 8.72. The Morgan fingerprint density at radius 1 is 1.15 bits per heavy atom. The fraction of sp³-hybridized carbons (Fsp3) is 0.500. The van der Waals surface area contributed by atoms with Gasteiger partial charge in [0.25, 0.3) is 0 Å². The van der Waals surface area contributed by atoms with Gasteiger partial charge in [-0.2, -0.15) is 0 Å². The highest BCUT2D eigenvalue weighted by molar-refractivity contribution is 6.30. The van der Waals surface area contributed by atoms with Gasteiger partial charge in [0.15, 0.2) is 0 Å². The Morgan fingerprint density at radius 2 is 1.93 bits per heavy atom. The van der Waals surface area contributed by atoms with Crippen molar-refractivity contribution >= 4 is 11.6 Å². The van der Waals surface area contributed by atoms with Crippen LogP contribution in [0.1, 0.15) is 43.7 Å². The van der Waals surface area contributed by atoms with Crippen LogP contribution in [0.5, 0.6) is 5.75 Å². The second-order valence-electron chi connectivity index (χ2n) is 8.28. The summed E-state index contributed by atoms with van der Waals surface area (Å²) in [6.45, 7) is 6.61. The molecule has 0 amide bonds. The van der Waals surface area contributed by atoms with E-state index in [2.05, 4.69) is 62.2 Å². The van der Waals surface area contributed by atoms with Crippen molar-refractivity contribution in [1.82, 2.24) is 4.90 Å². The van der Waals surface area contributed by atoms with Crippen molar-refractivity contribution in [3.63, 3.8) is 0 Å². The van der Waals surface area contributed by atoms with Crippen LogP contribution in [0.3, 0.4) is 0 Å². The molecule has 3 heteroatoms. The molecule has 1 aliphatic carbocycles. The number of rotatable bonds is 7. The van der Waals surface area contributed by atoms with Crippen LogP contribution in [0.15, 0.2) is 48.5 Å². The first kappa shape index (κ1) is 20.2. The summed E-state index contributed by atoms with van der Waals surface area (Å²) < 4.78 is 6.30. The molecule has 3 atom stereocenters. The maximum Gasteiger partial charge on any atom is 0.119 e. The van der Waals surface area contributed by atoms with Crippen molar-refractivity contribution in [2.45, 2.75) is 52.2 Å². The Kier molecular flexibility index (Phi) is 7.20. The molecule has 2 nitrogen and oxygen atoms in total. The Morgan fingerprint density at radius 3 is 2.67 bits per heavy atom. The van der Waals surface area contributed by atoms with Crippen LogP contribution < -0.4 is 4.74 Å². The number of benzene rings is 2. The summed E-state index contributed by atoms with van der Waals surface area (Å²) in [6, 6.07) is 16.6. The predicted molar refractivity (Wildman–Crippen MR) is 115 cm³/mol. The standard InChI is InChI=1S/C24H32ClNO/c1-18-6-4-8-23(14-18)27-24-9-5-7-21(15-24)19(2)16-26(3)17-20-10-12-22(25)13-11-20/h4,6,8,10-14,19,21,24H,5,7,9,15-17H2,1-3H3/t19?,21-,24+/m0/s1. The van der Waals surface area contributed by atoms with Crippen LogP contribution in [-0.4, -0.2) is 24.6 Å². The normalized spacial score (nSPS) is 21.2. The van der Waals surface area contributed by atoms with Crippen molar-refractivity contribution in [3.05, 3.63) is 64.7 Å². The van der Waals surface area contributed by atoms with Gasteiger partial charge in [0.05, 0.1) is 6.10 Å². The molecule has 0 heterocycles. The van der Waals surface area contributed by atoms with E-state index in [0.717, 1.165) is 29.8 Å². The molecule has 0 aliphatic heterocycles. The van der Waals surface area contributed by atoms with E-state index in [-0.39, 0.29) is 0 Å². The van der Waals surface area contributed by atoms with Crippen molar-refractivity contribution < 1.29 is 4.74 Å². The molecule has 2 aromatic rings. The Balaban J connectivity index is 1.50. The van der Waals surface area contributed by atoms with Crippen LogP contribution in [-0.2, 0) is 6.54 Å². The molecule has 0 N–H and O–H groups in total. The van der Waals surface area contributed by atoms with Crippen molar-refractivity contribution in [3.8, 4) is 5.75 Å². The van der Waals surface area contributed by atoms with E-state index >= 15 is 0 Å². The van der Waals surface area contributed by atoms with Gasteiger partial charge in [0.2, 0.25) is 0 Å². The molecular formula is C24H32ClNO. The minimum absolute atomic E-state index is 0.356. The molecule has 0 saturated heterocycles. The average molecular weight is 386 g/mol. The molecule has 0 radical (unpaired) electrons. The molecule has 1 unspecified atom stereocenters. The molecular weight excluding hydrogens is 354 g/mol. The summed E-state index contributed by atoms with van der Waals surface area (Å²) in [7, 11) is 2.22. The number of aryl methyl sites for hydroxylation is 1. The topological polar surface area (TPSA) is 12.5 Å². The van der Waals surface area contributed by atoms with E-state index in [9.17, 15) is 0 Å². The quantitative estimate of drug-likeness (QED) is 0.550. The molecule has 1 aliphatic rings. The van der Waals surface area contributed by atoms with E-state index in [1.54, 1.807) is 0 Å². The Bertz CT molecular complexity index is 715. The number of hydrogen-bond donors (Lipinski definition) is 0. The second kappa shape index (κ2) is 9.61. The van der Waals surface area contributed by atoms with E-state index < -0.39 is 0 Å². The third-order valence-electron chi connectivity index (χ3n) is 5.73. The number of halogens is 1. The van der Waals surface area contributed by atoms with Crippen molar-refractivity contribution in [2.24, 2.45) is 11.8 Å². The largest absolute Gasteiger partial charge is 0.490 e. The van der Waals surface area contributed by atoms with Crippen LogP contribution >= 0.6 is 11.6 Å². The van der Waals surface area contributed by atoms with E-state index in [4.69, 9.17) is 16.3 Å². The van der Waals surface area contributed by atoms with Crippen LogP contribution in [0.4, 0.5) is 0 Å². The number of hydrogen-bond acceptors (Lipinski definition) is 2. The summed E-state index contributed by atoms with van der Waals surface area (Å²) in [5, 5.41) is 0.802. The molecule has 0 bridgehead atoms. The van der Waals surface area contributed by atoms with Gasteiger partial charge in [-0.05, 0) is 86.9 Å². The number of nitrogens with zero attached hydrogens (tertiary/aromatic N) is 1. The van der Waals surface area contributed by atoms with E-state index in [0.29, 0.717) is 12.0 Å². The lowest BCUT2D eigenvalue weighted by Crippen LogP contribution is -2.33. The summed E-state index contributed by atoms with van der Waals surface area (Å²) in [5.41, 5.74) is 2.58. The van der Waals surface area contributed by atoms with Crippen molar-refractivity contribution in [2.75, 3.05) is 13.6 Å². The van der Waals surface area contributed by atoms with Crippen molar-refractivity contribution in [1.29, 1.82) is 0 Å². The minimum atomic E-state index is 0.356. The van der Waals surface area contributed by atoms with Gasteiger partial charge >= 0.3 is 0 Å². The fourth-order valence-corrected chi connectivity index (χ4v) is 4.42. The van der Waals surface area contributed by atoms with Gasteiger partial charge in [-0.15, -0.1) is 0 Å². The van der Waals surface area contributed by atoms with Crippen LogP contribution in [0, 0.1) is 18.8 Å². The average Bonchev–Trinajstić information content (AvgIpc) is 2.64. The van der Waals surface area contributed by atoms with Crippen LogP contribution in [0.2, 0.25) is 5.02 Å². The molecule has 1 fully saturated rings. The monoisotopic (exact) mass is 385 g/mol. The molecule has 146 valence electrons. The fourth-order valence-electron chi connectivity index (χ4n) is 4.29. The first-order chi connectivity index (χ1) is 13.0. The predicted octanol–water partition coefficient (Wildman–Crippen LogP) is 6.35.